The molecule has 0 aliphatic carbocycles. The molecule has 1 atom stereocenters. The van der Waals surface area contributed by atoms with Gasteiger partial charge in [-0.2, -0.15) is 4.98 Å². The van der Waals surface area contributed by atoms with Gasteiger partial charge in [-0.15, -0.1) is 0 Å². The molecule has 0 amide bonds. The third-order valence-electron chi connectivity index (χ3n) is 3.13. The van der Waals surface area contributed by atoms with Crippen molar-refractivity contribution in [1.82, 2.24) is 9.97 Å². The smallest absolute Gasteiger partial charge is 0.224 e. The Bertz CT molecular complexity index is 499. The molecule has 0 bridgehead atoms. The van der Waals surface area contributed by atoms with Crippen LogP contribution in [0.2, 0.25) is 0 Å². The predicted octanol–water partition coefficient (Wildman–Crippen LogP) is 3.12. The van der Waals surface area contributed by atoms with Crippen LogP contribution in [0.1, 0.15) is 24.8 Å². The molecule has 2 aromatic rings. The minimum Gasteiger partial charge on any atom is -0.370 e. The van der Waals surface area contributed by atoms with E-state index in [0.29, 0.717) is 11.9 Å². The Morgan fingerprint density at radius 3 is 2.68 bits per heavy atom. The molecule has 0 aliphatic heterocycles. The van der Waals surface area contributed by atoms with Crippen molar-refractivity contribution in [2.24, 2.45) is 0 Å². The van der Waals surface area contributed by atoms with Crippen molar-refractivity contribution in [3.63, 3.8) is 0 Å². The largest absolute Gasteiger partial charge is 0.370 e. The van der Waals surface area contributed by atoms with Crippen molar-refractivity contribution in [3.05, 3.63) is 48.2 Å². The lowest BCUT2D eigenvalue weighted by molar-refractivity contribution is 0.705. The van der Waals surface area contributed by atoms with E-state index < -0.39 is 0 Å². The van der Waals surface area contributed by atoms with Crippen molar-refractivity contribution < 1.29 is 0 Å². The summed E-state index contributed by atoms with van der Waals surface area (Å²) in [5.41, 5.74) is 1.38. The number of nitrogens with one attached hydrogen (secondary N) is 2. The second-order valence-corrected chi connectivity index (χ2v) is 4.54. The lowest BCUT2D eigenvalue weighted by atomic mass is 9.98. The Labute approximate surface area is 114 Å². The maximum Gasteiger partial charge on any atom is 0.224 e. The zero-order valence-electron chi connectivity index (χ0n) is 11.4. The Morgan fingerprint density at radius 2 is 1.95 bits per heavy atom. The molecule has 4 heteroatoms. The van der Waals surface area contributed by atoms with Gasteiger partial charge in [0.05, 0.1) is 0 Å². The average molecular weight is 256 g/mol. The van der Waals surface area contributed by atoms with Gasteiger partial charge in [0.25, 0.3) is 0 Å². The monoisotopic (exact) mass is 256 g/mol. The standard InChI is InChI=1S/C15H20N4/c1-12(13-6-4-3-5-7-13)8-10-17-14-9-11-18-15(16-2)19-14/h3-7,9,11-12H,8,10H2,1-2H3,(H2,16,17,18,19). The van der Waals surface area contributed by atoms with Gasteiger partial charge in [0, 0.05) is 19.8 Å². The average Bonchev–Trinajstić information content (AvgIpc) is 2.48. The van der Waals surface area contributed by atoms with E-state index in [1.807, 2.05) is 13.1 Å². The molecule has 1 aromatic carbocycles. The molecule has 0 fully saturated rings. The van der Waals surface area contributed by atoms with Gasteiger partial charge in [-0.1, -0.05) is 37.3 Å². The molecule has 2 N–H and O–H groups in total. The maximum atomic E-state index is 4.33. The minimum atomic E-state index is 0.541. The molecule has 0 spiro atoms. The van der Waals surface area contributed by atoms with Gasteiger partial charge in [0.2, 0.25) is 5.95 Å². The number of hydrogen-bond donors (Lipinski definition) is 2. The van der Waals surface area contributed by atoms with Gasteiger partial charge in [-0.05, 0) is 24.0 Å². The molecule has 1 unspecified atom stereocenters. The summed E-state index contributed by atoms with van der Waals surface area (Å²) in [5, 5.41) is 6.26. The van der Waals surface area contributed by atoms with Crippen molar-refractivity contribution in [1.29, 1.82) is 0 Å². The summed E-state index contributed by atoms with van der Waals surface area (Å²) in [5.74, 6) is 2.04. The predicted molar refractivity (Wildman–Crippen MR) is 79.5 cm³/mol. The van der Waals surface area contributed by atoms with Crippen molar-refractivity contribution in [2.75, 3.05) is 24.2 Å². The van der Waals surface area contributed by atoms with E-state index in [4.69, 9.17) is 0 Å². The van der Waals surface area contributed by atoms with Gasteiger partial charge in [-0.3, -0.25) is 0 Å². The normalized spacial score (nSPS) is 11.9. The Hall–Kier alpha value is -2.10. The van der Waals surface area contributed by atoms with Crippen LogP contribution in [0.3, 0.4) is 0 Å². The highest BCUT2D eigenvalue weighted by molar-refractivity contribution is 5.39. The molecular formula is C15H20N4. The summed E-state index contributed by atoms with van der Waals surface area (Å²) in [6, 6.07) is 12.5. The molecule has 0 saturated heterocycles. The molecule has 1 heterocycles. The molecule has 1 aromatic heterocycles. The second-order valence-electron chi connectivity index (χ2n) is 4.54. The fourth-order valence-corrected chi connectivity index (χ4v) is 1.94. The topological polar surface area (TPSA) is 49.8 Å². The Balaban J connectivity index is 1.83. The van der Waals surface area contributed by atoms with Crippen LogP contribution in [-0.2, 0) is 0 Å². The first kappa shape index (κ1) is 13.3. The molecule has 100 valence electrons. The van der Waals surface area contributed by atoms with Crippen LogP contribution >= 0.6 is 0 Å². The molecule has 0 saturated carbocycles. The molecule has 0 radical (unpaired) electrons. The summed E-state index contributed by atoms with van der Waals surface area (Å²) in [6.07, 6.45) is 2.82. The summed E-state index contributed by atoms with van der Waals surface area (Å²) in [7, 11) is 1.82. The van der Waals surface area contributed by atoms with Crippen molar-refractivity contribution >= 4 is 11.8 Å². The zero-order chi connectivity index (χ0) is 13.5. The van der Waals surface area contributed by atoms with Crippen LogP contribution < -0.4 is 10.6 Å². The summed E-state index contributed by atoms with van der Waals surface area (Å²) < 4.78 is 0. The van der Waals surface area contributed by atoms with Gasteiger partial charge in [0.15, 0.2) is 0 Å². The third kappa shape index (κ3) is 3.95. The number of benzene rings is 1. The van der Waals surface area contributed by atoms with Crippen molar-refractivity contribution in [2.45, 2.75) is 19.3 Å². The van der Waals surface area contributed by atoms with Crippen LogP contribution in [0.15, 0.2) is 42.6 Å². The number of hydrogen-bond acceptors (Lipinski definition) is 4. The van der Waals surface area contributed by atoms with E-state index in [1.165, 1.54) is 5.56 Å². The minimum absolute atomic E-state index is 0.541. The van der Waals surface area contributed by atoms with Crippen LogP contribution in [0.5, 0.6) is 0 Å². The number of nitrogens with zero attached hydrogens (tertiary/aromatic N) is 2. The van der Waals surface area contributed by atoms with E-state index >= 15 is 0 Å². The fraction of sp³-hybridized carbons (Fsp3) is 0.333. The molecular weight excluding hydrogens is 236 g/mol. The Morgan fingerprint density at radius 1 is 1.16 bits per heavy atom. The quantitative estimate of drug-likeness (QED) is 0.833. The molecule has 0 aliphatic rings. The highest BCUT2D eigenvalue weighted by atomic mass is 15.1. The van der Waals surface area contributed by atoms with Crippen LogP contribution in [0.4, 0.5) is 11.8 Å². The van der Waals surface area contributed by atoms with Crippen LogP contribution in [0.25, 0.3) is 0 Å². The van der Waals surface area contributed by atoms with Crippen LogP contribution in [-0.4, -0.2) is 23.6 Å². The first-order valence-electron chi connectivity index (χ1n) is 6.59. The van der Waals surface area contributed by atoms with Gasteiger partial charge in [-0.25, -0.2) is 4.98 Å². The SMILES string of the molecule is CNc1nccc(NCCC(C)c2ccccc2)n1. The first-order valence-corrected chi connectivity index (χ1v) is 6.59. The van der Waals surface area contributed by atoms with E-state index in [9.17, 15) is 0 Å². The van der Waals surface area contributed by atoms with Gasteiger partial charge < -0.3 is 10.6 Å². The molecule has 4 nitrogen and oxygen atoms in total. The van der Waals surface area contributed by atoms with E-state index in [0.717, 1.165) is 18.8 Å². The molecule has 2 rings (SSSR count). The highest BCUT2D eigenvalue weighted by Crippen LogP contribution is 2.18. The lowest BCUT2D eigenvalue weighted by Crippen LogP contribution is -2.08. The Kier molecular flexibility index (Phi) is 4.72. The number of aromatic nitrogens is 2. The number of anilines is 2. The third-order valence-corrected chi connectivity index (χ3v) is 3.13. The summed E-state index contributed by atoms with van der Waals surface area (Å²) in [4.78, 5) is 8.41. The van der Waals surface area contributed by atoms with Gasteiger partial charge >= 0.3 is 0 Å². The van der Waals surface area contributed by atoms with E-state index in [-0.39, 0.29) is 0 Å². The maximum absolute atomic E-state index is 4.33. The van der Waals surface area contributed by atoms with Crippen molar-refractivity contribution in [3.8, 4) is 0 Å². The lowest BCUT2D eigenvalue weighted by Gasteiger charge is -2.12. The zero-order valence-corrected chi connectivity index (χ0v) is 11.4. The second kappa shape index (κ2) is 6.73. The number of rotatable bonds is 6. The van der Waals surface area contributed by atoms with E-state index in [2.05, 4.69) is 57.9 Å². The first-order chi connectivity index (χ1) is 9.29. The summed E-state index contributed by atoms with van der Waals surface area (Å²) >= 11 is 0. The molecule has 19 heavy (non-hydrogen) atoms. The summed E-state index contributed by atoms with van der Waals surface area (Å²) in [6.45, 7) is 3.15. The fourth-order valence-electron chi connectivity index (χ4n) is 1.94. The van der Waals surface area contributed by atoms with E-state index in [1.54, 1.807) is 6.20 Å². The van der Waals surface area contributed by atoms with Gasteiger partial charge in [0.1, 0.15) is 5.82 Å². The van der Waals surface area contributed by atoms with Crippen LogP contribution in [0, 0.1) is 0 Å². The highest BCUT2D eigenvalue weighted by Gasteiger charge is 2.04.